The lowest BCUT2D eigenvalue weighted by Crippen LogP contribution is -2.40. The Balaban J connectivity index is 0.00000341. The fourth-order valence-electron chi connectivity index (χ4n) is 4.08. The zero-order valence-electron chi connectivity index (χ0n) is 18.5. The molecule has 1 unspecified atom stereocenters. The number of likely N-dealkylation sites (tertiary alicyclic amines) is 2. The van der Waals surface area contributed by atoms with Gasteiger partial charge in [0.1, 0.15) is 0 Å². The van der Waals surface area contributed by atoms with E-state index in [1.165, 1.54) is 5.56 Å². The summed E-state index contributed by atoms with van der Waals surface area (Å²) in [5.74, 6) is 1.41. The van der Waals surface area contributed by atoms with Crippen molar-refractivity contribution < 1.29 is 9.59 Å². The van der Waals surface area contributed by atoms with Crippen molar-refractivity contribution in [3.8, 4) is 0 Å². The summed E-state index contributed by atoms with van der Waals surface area (Å²) < 4.78 is 0. The van der Waals surface area contributed by atoms with E-state index in [4.69, 9.17) is 0 Å². The van der Waals surface area contributed by atoms with Crippen LogP contribution >= 0.6 is 24.0 Å². The number of hydrogen-bond donors (Lipinski definition) is 2. The molecule has 8 heteroatoms. The van der Waals surface area contributed by atoms with Crippen molar-refractivity contribution in [1.82, 2.24) is 20.4 Å². The molecular weight excluding hydrogens is 505 g/mol. The van der Waals surface area contributed by atoms with Crippen molar-refractivity contribution in [2.45, 2.75) is 39.0 Å². The number of hydrogen-bond acceptors (Lipinski definition) is 3. The third-order valence-electron chi connectivity index (χ3n) is 5.75. The van der Waals surface area contributed by atoms with Gasteiger partial charge in [-0.1, -0.05) is 30.3 Å². The largest absolute Gasteiger partial charge is 0.357 e. The summed E-state index contributed by atoms with van der Waals surface area (Å²) in [4.78, 5) is 33.1. The summed E-state index contributed by atoms with van der Waals surface area (Å²) in [5.41, 5.74) is 1.26. The second kappa shape index (κ2) is 13.5. The third-order valence-corrected chi connectivity index (χ3v) is 5.75. The molecule has 0 aliphatic carbocycles. The first-order chi connectivity index (χ1) is 14.7. The van der Waals surface area contributed by atoms with E-state index in [0.29, 0.717) is 25.9 Å². The average molecular weight is 541 g/mol. The van der Waals surface area contributed by atoms with E-state index in [-0.39, 0.29) is 41.7 Å². The summed E-state index contributed by atoms with van der Waals surface area (Å²) >= 11 is 0. The van der Waals surface area contributed by atoms with Crippen LogP contribution < -0.4 is 10.6 Å². The van der Waals surface area contributed by atoms with Gasteiger partial charge in [-0.15, -0.1) is 24.0 Å². The van der Waals surface area contributed by atoms with Crippen molar-refractivity contribution in [3.05, 3.63) is 35.9 Å². The summed E-state index contributed by atoms with van der Waals surface area (Å²) in [6, 6.07) is 10.3. The fourth-order valence-corrected chi connectivity index (χ4v) is 4.08. The van der Waals surface area contributed by atoms with Gasteiger partial charge in [0, 0.05) is 64.6 Å². The Bertz CT molecular complexity index is 722. The minimum absolute atomic E-state index is 0. The first-order valence-corrected chi connectivity index (χ1v) is 11.3. The number of halogens is 1. The van der Waals surface area contributed by atoms with Gasteiger partial charge in [0.05, 0.1) is 0 Å². The van der Waals surface area contributed by atoms with Gasteiger partial charge in [-0.3, -0.25) is 14.6 Å². The quantitative estimate of drug-likeness (QED) is 0.286. The highest BCUT2D eigenvalue weighted by atomic mass is 127. The molecule has 1 aromatic carbocycles. The normalized spacial score (nSPS) is 18.8. The topological polar surface area (TPSA) is 77.0 Å². The van der Waals surface area contributed by atoms with Crippen LogP contribution in [0.25, 0.3) is 0 Å². The zero-order chi connectivity index (χ0) is 21.2. The van der Waals surface area contributed by atoms with E-state index >= 15 is 0 Å². The second-order valence-electron chi connectivity index (χ2n) is 8.13. The van der Waals surface area contributed by atoms with E-state index in [1.807, 2.05) is 34.9 Å². The lowest BCUT2D eigenvalue weighted by Gasteiger charge is -2.17. The number of guanidine groups is 1. The average Bonchev–Trinajstić information content (AvgIpc) is 3.41. The maximum atomic E-state index is 12.4. The Morgan fingerprint density at radius 1 is 1.16 bits per heavy atom. The van der Waals surface area contributed by atoms with Crippen molar-refractivity contribution >= 4 is 41.8 Å². The van der Waals surface area contributed by atoms with Crippen molar-refractivity contribution in [1.29, 1.82) is 0 Å². The number of nitrogens with one attached hydrogen (secondary N) is 2. The highest BCUT2D eigenvalue weighted by Gasteiger charge is 2.29. The van der Waals surface area contributed by atoms with Crippen molar-refractivity contribution in [3.63, 3.8) is 0 Å². The molecule has 1 aromatic rings. The van der Waals surface area contributed by atoms with Crippen molar-refractivity contribution in [2.75, 3.05) is 45.8 Å². The van der Waals surface area contributed by atoms with Crippen LogP contribution in [0.2, 0.25) is 0 Å². The van der Waals surface area contributed by atoms with E-state index in [0.717, 1.165) is 57.9 Å². The minimum atomic E-state index is 0. The van der Waals surface area contributed by atoms with E-state index < -0.39 is 0 Å². The van der Waals surface area contributed by atoms with Crippen LogP contribution in [0.5, 0.6) is 0 Å². The minimum Gasteiger partial charge on any atom is -0.357 e. The number of amides is 2. The molecule has 2 N–H and O–H groups in total. The number of carbonyl (C=O) groups is 2. The lowest BCUT2D eigenvalue weighted by molar-refractivity contribution is -0.130. The molecule has 0 bridgehead atoms. The molecule has 1 atom stereocenters. The highest BCUT2D eigenvalue weighted by molar-refractivity contribution is 14.0. The highest BCUT2D eigenvalue weighted by Crippen LogP contribution is 2.18. The Labute approximate surface area is 203 Å². The van der Waals surface area contributed by atoms with Gasteiger partial charge in [-0.05, 0) is 31.7 Å². The number of aliphatic imine (C=N–C) groups is 1. The first kappa shape index (κ1) is 25.4. The van der Waals surface area contributed by atoms with Crippen LogP contribution in [0.1, 0.15) is 38.2 Å². The van der Waals surface area contributed by atoms with Gasteiger partial charge in [0.15, 0.2) is 5.96 Å². The summed E-state index contributed by atoms with van der Waals surface area (Å²) in [6.07, 6.45) is 4.17. The summed E-state index contributed by atoms with van der Waals surface area (Å²) in [5, 5.41) is 6.50. The van der Waals surface area contributed by atoms with Crippen molar-refractivity contribution in [2.24, 2.45) is 10.9 Å². The zero-order valence-corrected chi connectivity index (χ0v) is 20.8. The Hall–Kier alpha value is -1.84. The molecule has 7 nitrogen and oxygen atoms in total. The van der Waals surface area contributed by atoms with Gasteiger partial charge in [-0.25, -0.2) is 0 Å². The van der Waals surface area contributed by atoms with Gasteiger partial charge >= 0.3 is 0 Å². The number of rotatable bonds is 9. The molecular formula is C23H36IN5O2. The predicted octanol–water partition coefficient (Wildman–Crippen LogP) is 2.26. The molecule has 2 saturated heterocycles. The van der Waals surface area contributed by atoms with Crippen LogP contribution in [0.15, 0.2) is 35.3 Å². The van der Waals surface area contributed by atoms with Crippen LogP contribution in [0.3, 0.4) is 0 Å². The summed E-state index contributed by atoms with van der Waals surface area (Å²) in [7, 11) is 0. The molecule has 0 radical (unpaired) electrons. The van der Waals surface area contributed by atoms with Gasteiger partial charge < -0.3 is 20.4 Å². The van der Waals surface area contributed by atoms with Crippen LogP contribution in [0.4, 0.5) is 0 Å². The summed E-state index contributed by atoms with van der Waals surface area (Å²) in [6.45, 7) is 7.29. The standard InChI is InChI=1S/C23H35N5O2.HI/c1-2-24-23(25-12-10-21(29)27-13-6-7-14-27)26-17-20-16-22(30)28(18-20)15-11-19-8-4-3-5-9-19;/h3-5,8-9,20H,2,6-7,10-18H2,1H3,(H2,24,25,26);1H. The molecule has 2 fully saturated rings. The van der Waals surface area contributed by atoms with Crippen LogP contribution in [-0.2, 0) is 16.0 Å². The molecule has 0 aromatic heterocycles. The monoisotopic (exact) mass is 541 g/mol. The van der Waals surface area contributed by atoms with Gasteiger partial charge in [0.2, 0.25) is 11.8 Å². The molecule has 2 heterocycles. The number of nitrogens with zero attached hydrogens (tertiary/aromatic N) is 3. The SMILES string of the molecule is CCNC(=NCC1CC(=O)N(CCc2ccccc2)C1)NCCC(=O)N1CCCC1.I. The maximum Gasteiger partial charge on any atom is 0.224 e. The number of carbonyl (C=O) groups excluding carboxylic acids is 2. The fraction of sp³-hybridized carbons (Fsp3) is 0.609. The smallest absolute Gasteiger partial charge is 0.224 e. The Kier molecular flexibility index (Phi) is 11.1. The Morgan fingerprint density at radius 2 is 1.90 bits per heavy atom. The van der Waals surface area contributed by atoms with E-state index in [2.05, 4.69) is 27.8 Å². The van der Waals surface area contributed by atoms with Crippen LogP contribution in [0, 0.1) is 5.92 Å². The maximum absolute atomic E-state index is 12.4. The molecule has 172 valence electrons. The van der Waals surface area contributed by atoms with E-state index in [1.54, 1.807) is 0 Å². The van der Waals surface area contributed by atoms with Crippen LogP contribution in [-0.4, -0.2) is 73.4 Å². The predicted molar refractivity (Wildman–Crippen MR) is 135 cm³/mol. The molecule has 2 amide bonds. The lowest BCUT2D eigenvalue weighted by atomic mass is 10.1. The van der Waals surface area contributed by atoms with Gasteiger partial charge in [0.25, 0.3) is 0 Å². The molecule has 2 aliphatic heterocycles. The molecule has 0 spiro atoms. The first-order valence-electron chi connectivity index (χ1n) is 11.3. The Morgan fingerprint density at radius 3 is 2.61 bits per heavy atom. The molecule has 2 aliphatic rings. The number of benzene rings is 1. The molecule has 31 heavy (non-hydrogen) atoms. The van der Waals surface area contributed by atoms with E-state index in [9.17, 15) is 9.59 Å². The third kappa shape index (κ3) is 8.31. The second-order valence-corrected chi connectivity index (χ2v) is 8.13. The van der Waals surface area contributed by atoms with Gasteiger partial charge in [-0.2, -0.15) is 0 Å². The molecule has 0 saturated carbocycles. The molecule has 3 rings (SSSR count).